The highest BCUT2D eigenvalue weighted by atomic mass is 16.4. The normalized spacial score (nSPS) is 12.3. The van der Waals surface area contributed by atoms with Crippen LogP contribution in [0.5, 0.6) is 0 Å². The van der Waals surface area contributed by atoms with Gasteiger partial charge in [-0.25, -0.2) is 0 Å². The zero-order chi connectivity index (χ0) is 15.2. The third-order valence-electron chi connectivity index (χ3n) is 3.11. The third-order valence-corrected chi connectivity index (χ3v) is 3.11. The summed E-state index contributed by atoms with van der Waals surface area (Å²) in [6.45, 7) is 4.18. The molecule has 6 nitrogen and oxygen atoms in total. The molecule has 0 saturated carbocycles. The Labute approximate surface area is 123 Å². The molecule has 112 valence electrons. The fourth-order valence-corrected chi connectivity index (χ4v) is 2.03. The van der Waals surface area contributed by atoms with Crippen LogP contribution in [0.25, 0.3) is 11.5 Å². The van der Waals surface area contributed by atoms with Crippen LogP contribution in [-0.4, -0.2) is 27.3 Å². The fourth-order valence-electron chi connectivity index (χ4n) is 2.03. The molecule has 0 spiro atoms. The van der Waals surface area contributed by atoms with E-state index in [0.29, 0.717) is 18.2 Å². The summed E-state index contributed by atoms with van der Waals surface area (Å²) in [5.74, 6) is -0.0398. The Balaban J connectivity index is 2.02. The Kier molecular flexibility index (Phi) is 5.05. The van der Waals surface area contributed by atoms with Crippen molar-refractivity contribution in [2.24, 2.45) is 0 Å². The van der Waals surface area contributed by atoms with E-state index in [1.807, 2.05) is 38.1 Å². The largest absolute Gasteiger partial charge is 0.480 e. The average molecular weight is 289 g/mol. The van der Waals surface area contributed by atoms with E-state index in [2.05, 4.69) is 15.5 Å². The number of hydrogen-bond acceptors (Lipinski definition) is 5. The maximum Gasteiger partial charge on any atom is 0.320 e. The highest BCUT2D eigenvalue weighted by Crippen LogP contribution is 2.18. The molecule has 0 aliphatic heterocycles. The quantitative estimate of drug-likeness (QED) is 0.813. The minimum atomic E-state index is -0.865. The lowest BCUT2D eigenvalue weighted by Crippen LogP contribution is -2.36. The van der Waals surface area contributed by atoms with Crippen LogP contribution in [0.15, 0.2) is 28.7 Å². The Bertz CT molecular complexity index is 610. The van der Waals surface area contributed by atoms with Crippen LogP contribution >= 0.6 is 0 Å². The molecule has 6 heteroatoms. The van der Waals surface area contributed by atoms with Crippen molar-refractivity contribution in [1.82, 2.24) is 15.5 Å². The van der Waals surface area contributed by atoms with Gasteiger partial charge in [-0.2, -0.15) is 0 Å². The van der Waals surface area contributed by atoms with E-state index in [0.717, 1.165) is 17.5 Å². The zero-order valence-corrected chi connectivity index (χ0v) is 12.2. The molecule has 1 aromatic carbocycles. The second-order valence-corrected chi connectivity index (χ2v) is 4.93. The summed E-state index contributed by atoms with van der Waals surface area (Å²) in [7, 11) is 0. The molecule has 21 heavy (non-hydrogen) atoms. The maximum absolute atomic E-state index is 11.0. The van der Waals surface area contributed by atoms with Crippen molar-refractivity contribution in [2.75, 3.05) is 0 Å². The first-order valence-electron chi connectivity index (χ1n) is 6.95. The van der Waals surface area contributed by atoms with Crippen molar-refractivity contribution in [3.05, 3.63) is 35.7 Å². The van der Waals surface area contributed by atoms with Gasteiger partial charge in [0.05, 0.1) is 6.54 Å². The Morgan fingerprint density at radius 1 is 1.43 bits per heavy atom. The summed E-state index contributed by atoms with van der Waals surface area (Å²) in [5.41, 5.74) is 1.97. The van der Waals surface area contributed by atoms with Crippen LogP contribution in [0.4, 0.5) is 0 Å². The first kappa shape index (κ1) is 15.2. The fraction of sp³-hybridized carbons (Fsp3) is 0.400. The summed E-state index contributed by atoms with van der Waals surface area (Å²) in [6, 6.07) is 7.18. The number of carbonyl (C=O) groups is 1. The van der Waals surface area contributed by atoms with Crippen LogP contribution in [0.1, 0.15) is 31.2 Å². The van der Waals surface area contributed by atoms with Crippen LogP contribution in [0.3, 0.4) is 0 Å². The maximum atomic E-state index is 11.0. The van der Waals surface area contributed by atoms with E-state index in [1.54, 1.807) is 0 Å². The van der Waals surface area contributed by atoms with Crippen LogP contribution in [0.2, 0.25) is 0 Å². The molecule has 2 rings (SSSR count). The van der Waals surface area contributed by atoms with E-state index >= 15 is 0 Å². The number of benzene rings is 1. The smallest absolute Gasteiger partial charge is 0.320 e. The van der Waals surface area contributed by atoms with E-state index in [-0.39, 0.29) is 6.54 Å². The van der Waals surface area contributed by atoms with Crippen molar-refractivity contribution in [2.45, 2.75) is 39.3 Å². The van der Waals surface area contributed by atoms with Gasteiger partial charge in [0, 0.05) is 5.56 Å². The minimum Gasteiger partial charge on any atom is -0.480 e. The summed E-state index contributed by atoms with van der Waals surface area (Å²) in [5, 5.41) is 19.9. The Hall–Kier alpha value is -2.21. The number of nitrogens with zero attached hydrogens (tertiary/aromatic N) is 2. The first-order chi connectivity index (χ1) is 10.1. The second kappa shape index (κ2) is 6.99. The Morgan fingerprint density at radius 2 is 2.24 bits per heavy atom. The number of aliphatic carboxylic acids is 1. The van der Waals surface area contributed by atoms with Gasteiger partial charge < -0.3 is 9.52 Å². The summed E-state index contributed by atoms with van der Waals surface area (Å²) >= 11 is 0. The lowest BCUT2D eigenvalue weighted by Gasteiger charge is -2.11. The molecular weight excluding hydrogens is 270 g/mol. The van der Waals surface area contributed by atoms with Gasteiger partial charge in [0.15, 0.2) is 0 Å². The van der Waals surface area contributed by atoms with Gasteiger partial charge >= 0.3 is 5.97 Å². The molecule has 0 radical (unpaired) electrons. The number of hydrogen-bond donors (Lipinski definition) is 2. The molecule has 1 heterocycles. The molecule has 1 aromatic heterocycles. The van der Waals surface area contributed by atoms with Crippen LogP contribution in [0, 0.1) is 6.92 Å². The van der Waals surface area contributed by atoms with Gasteiger partial charge in [-0.3, -0.25) is 10.1 Å². The van der Waals surface area contributed by atoms with E-state index in [4.69, 9.17) is 9.52 Å². The number of aromatic nitrogens is 2. The average Bonchev–Trinajstić information content (AvgIpc) is 2.92. The van der Waals surface area contributed by atoms with Gasteiger partial charge in [0.1, 0.15) is 6.04 Å². The molecule has 0 aliphatic rings. The third kappa shape index (κ3) is 4.13. The molecule has 1 unspecified atom stereocenters. The molecule has 2 aromatic rings. The predicted octanol–water partition coefficient (Wildman–Crippen LogP) is 2.39. The molecule has 0 saturated heterocycles. The van der Waals surface area contributed by atoms with Gasteiger partial charge in [0.25, 0.3) is 0 Å². The highest BCUT2D eigenvalue weighted by molar-refractivity contribution is 5.73. The molecular formula is C15H19N3O3. The van der Waals surface area contributed by atoms with E-state index in [9.17, 15) is 4.79 Å². The zero-order valence-electron chi connectivity index (χ0n) is 12.2. The van der Waals surface area contributed by atoms with Crippen LogP contribution in [-0.2, 0) is 11.3 Å². The van der Waals surface area contributed by atoms with E-state index < -0.39 is 12.0 Å². The van der Waals surface area contributed by atoms with Gasteiger partial charge in [0.2, 0.25) is 11.8 Å². The summed E-state index contributed by atoms with van der Waals surface area (Å²) < 4.78 is 5.56. The van der Waals surface area contributed by atoms with Crippen molar-refractivity contribution in [3.8, 4) is 11.5 Å². The monoisotopic (exact) mass is 289 g/mol. The van der Waals surface area contributed by atoms with Crippen molar-refractivity contribution >= 4 is 5.97 Å². The molecule has 0 fully saturated rings. The summed E-state index contributed by atoms with van der Waals surface area (Å²) in [6.07, 6.45) is 1.36. The number of aryl methyl sites for hydroxylation is 1. The predicted molar refractivity (Wildman–Crippen MR) is 77.6 cm³/mol. The number of carboxylic acids is 1. The van der Waals surface area contributed by atoms with Crippen molar-refractivity contribution < 1.29 is 14.3 Å². The number of rotatable bonds is 7. The number of nitrogens with one attached hydrogen (secondary N) is 1. The topological polar surface area (TPSA) is 88.3 Å². The van der Waals surface area contributed by atoms with Gasteiger partial charge in [-0.1, -0.05) is 31.0 Å². The lowest BCUT2D eigenvalue weighted by atomic mass is 10.1. The SMILES string of the molecule is CCCC(NCc1nnc(-c2cccc(C)c2)o1)C(=O)O. The molecule has 0 aliphatic carbocycles. The highest BCUT2D eigenvalue weighted by Gasteiger charge is 2.17. The van der Waals surface area contributed by atoms with Gasteiger partial charge in [-0.05, 0) is 25.5 Å². The minimum absolute atomic E-state index is 0.246. The molecule has 0 bridgehead atoms. The molecule has 2 N–H and O–H groups in total. The standard InChI is InChI=1S/C15H19N3O3/c1-3-5-12(15(19)20)16-9-13-17-18-14(21-13)11-7-4-6-10(2)8-11/h4,6-8,12,16H,3,5,9H2,1-2H3,(H,19,20). The van der Waals surface area contributed by atoms with Crippen molar-refractivity contribution in [3.63, 3.8) is 0 Å². The lowest BCUT2D eigenvalue weighted by molar-refractivity contribution is -0.139. The summed E-state index contributed by atoms with van der Waals surface area (Å²) in [4.78, 5) is 11.0. The number of carboxylic acid groups (broad SMARTS) is 1. The van der Waals surface area contributed by atoms with Crippen molar-refractivity contribution in [1.29, 1.82) is 0 Å². The van der Waals surface area contributed by atoms with E-state index in [1.165, 1.54) is 0 Å². The van der Waals surface area contributed by atoms with Gasteiger partial charge in [-0.15, -0.1) is 10.2 Å². The Morgan fingerprint density at radius 3 is 2.90 bits per heavy atom. The molecule has 1 atom stereocenters. The second-order valence-electron chi connectivity index (χ2n) is 4.93. The first-order valence-corrected chi connectivity index (χ1v) is 6.95. The molecule has 0 amide bonds. The van der Waals surface area contributed by atoms with Crippen LogP contribution < -0.4 is 5.32 Å².